The molecule has 2 aromatic carbocycles. The minimum atomic E-state index is -1.17. The van der Waals surface area contributed by atoms with Gasteiger partial charge in [-0.2, -0.15) is 0 Å². The second kappa shape index (κ2) is 7.56. The van der Waals surface area contributed by atoms with Crippen molar-refractivity contribution in [3.8, 4) is 0 Å². The molecule has 8 heteroatoms. The van der Waals surface area contributed by atoms with E-state index < -0.39 is 22.9 Å². The van der Waals surface area contributed by atoms with E-state index in [0.29, 0.717) is 5.56 Å². The van der Waals surface area contributed by atoms with E-state index >= 15 is 0 Å². The SMILES string of the molecule is CC(=O)O[C@@H](C(=O)Nc1ccc(Cl)c([N+](=O)[O-])c1)c1ccccc1. The van der Waals surface area contributed by atoms with Crippen molar-refractivity contribution < 1.29 is 19.2 Å². The average molecular weight is 349 g/mol. The molecule has 1 amide bonds. The number of hydrogen-bond donors (Lipinski definition) is 1. The number of carbonyl (C=O) groups is 2. The van der Waals surface area contributed by atoms with E-state index in [1.807, 2.05) is 0 Å². The van der Waals surface area contributed by atoms with E-state index in [1.165, 1.54) is 19.1 Å². The lowest BCUT2D eigenvalue weighted by Gasteiger charge is -2.17. The number of anilines is 1. The molecule has 0 aromatic heterocycles. The van der Waals surface area contributed by atoms with Crippen molar-refractivity contribution >= 4 is 34.9 Å². The Labute approximate surface area is 142 Å². The molecular formula is C16H13ClN2O5. The Balaban J connectivity index is 2.26. The van der Waals surface area contributed by atoms with Crippen molar-refractivity contribution in [1.82, 2.24) is 0 Å². The van der Waals surface area contributed by atoms with Crippen LogP contribution in [0.15, 0.2) is 48.5 Å². The van der Waals surface area contributed by atoms with Crippen LogP contribution in [-0.2, 0) is 14.3 Å². The van der Waals surface area contributed by atoms with Gasteiger partial charge in [0.05, 0.1) is 4.92 Å². The number of carbonyl (C=O) groups excluding carboxylic acids is 2. The Bertz CT molecular complexity index is 779. The number of nitrogens with one attached hydrogen (secondary N) is 1. The average Bonchev–Trinajstić information content (AvgIpc) is 2.54. The van der Waals surface area contributed by atoms with Crippen LogP contribution in [-0.4, -0.2) is 16.8 Å². The van der Waals surface area contributed by atoms with Crippen LogP contribution < -0.4 is 5.32 Å². The number of hydrogen-bond acceptors (Lipinski definition) is 5. The predicted molar refractivity (Wildman–Crippen MR) is 87.7 cm³/mol. The number of esters is 1. The maximum absolute atomic E-state index is 12.4. The Morgan fingerprint density at radius 3 is 2.46 bits per heavy atom. The van der Waals surface area contributed by atoms with Gasteiger partial charge in [0.1, 0.15) is 5.02 Å². The maximum atomic E-state index is 12.4. The van der Waals surface area contributed by atoms with Gasteiger partial charge in [0, 0.05) is 24.2 Å². The van der Waals surface area contributed by atoms with E-state index in [2.05, 4.69) is 5.32 Å². The first kappa shape index (κ1) is 17.4. The summed E-state index contributed by atoms with van der Waals surface area (Å²) >= 11 is 5.73. The molecule has 0 fully saturated rings. The van der Waals surface area contributed by atoms with E-state index in [4.69, 9.17) is 16.3 Å². The first-order valence-electron chi connectivity index (χ1n) is 6.85. The Morgan fingerprint density at radius 2 is 1.88 bits per heavy atom. The van der Waals surface area contributed by atoms with Crippen LogP contribution in [0.25, 0.3) is 0 Å². The number of nitro groups is 1. The van der Waals surface area contributed by atoms with Crippen molar-refractivity contribution in [2.45, 2.75) is 13.0 Å². The Hall–Kier alpha value is -2.93. The van der Waals surface area contributed by atoms with E-state index in [0.717, 1.165) is 6.07 Å². The number of nitrogens with zero attached hydrogens (tertiary/aromatic N) is 1. The molecule has 1 atom stereocenters. The van der Waals surface area contributed by atoms with Gasteiger partial charge in [-0.05, 0) is 12.1 Å². The zero-order chi connectivity index (χ0) is 17.7. The molecule has 0 saturated carbocycles. The van der Waals surface area contributed by atoms with Crippen LogP contribution in [0.3, 0.4) is 0 Å². The first-order chi connectivity index (χ1) is 11.4. The molecule has 0 radical (unpaired) electrons. The highest BCUT2D eigenvalue weighted by molar-refractivity contribution is 6.32. The van der Waals surface area contributed by atoms with E-state index in [-0.39, 0.29) is 16.4 Å². The number of amides is 1. The number of rotatable bonds is 5. The van der Waals surface area contributed by atoms with Gasteiger partial charge in [-0.15, -0.1) is 0 Å². The fourth-order valence-electron chi connectivity index (χ4n) is 2.00. The monoisotopic (exact) mass is 348 g/mol. The molecule has 0 aliphatic rings. The second-order valence-corrected chi connectivity index (χ2v) is 5.22. The molecule has 0 bridgehead atoms. The van der Waals surface area contributed by atoms with Crippen molar-refractivity contribution in [2.24, 2.45) is 0 Å². The third kappa shape index (κ3) is 4.30. The Kier molecular flexibility index (Phi) is 5.49. The molecule has 1 N–H and O–H groups in total. The molecule has 0 spiro atoms. The molecule has 2 aromatic rings. The zero-order valence-electron chi connectivity index (χ0n) is 12.6. The first-order valence-corrected chi connectivity index (χ1v) is 7.23. The summed E-state index contributed by atoms with van der Waals surface area (Å²) in [5, 5.41) is 13.3. The predicted octanol–water partition coefficient (Wildman–Crippen LogP) is 3.49. The largest absolute Gasteiger partial charge is 0.447 e. The number of halogens is 1. The van der Waals surface area contributed by atoms with Crippen LogP contribution in [0, 0.1) is 10.1 Å². The third-order valence-electron chi connectivity index (χ3n) is 3.03. The minimum absolute atomic E-state index is 0.0439. The van der Waals surface area contributed by atoms with Gasteiger partial charge in [0.2, 0.25) is 6.10 Å². The van der Waals surface area contributed by atoms with Crippen LogP contribution >= 0.6 is 11.6 Å². The second-order valence-electron chi connectivity index (χ2n) is 4.81. The van der Waals surface area contributed by atoms with Gasteiger partial charge < -0.3 is 10.1 Å². The normalized spacial score (nSPS) is 11.4. The summed E-state index contributed by atoms with van der Waals surface area (Å²) in [6, 6.07) is 12.3. The molecule has 2 rings (SSSR count). The molecule has 0 aliphatic heterocycles. The van der Waals surface area contributed by atoms with E-state index in [1.54, 1.807) is 30.3 Å². The highest BCUT2D eigenvalue weighted by Gasteiger charge is 2.24. The van der Waals surface area contributed by atoms with Crippen molar-refractivity contribution in [3.63, 3.8) is 0 Å². The molecular weight excluding hydrogens is 336 g/mol. The molecule has 0 unspecified atom stereocenters. The van der Waals surface area contributed by atoms with Crippen LogP contribution in [0.2, 0.25) is 5.02 Å². The summed E-state index contributed by atoms with van der Waals surface area (Å²) in [6.07, 6.45) is -1.17. The molecule has 0 aliphatic carbocycles. The maximum Gasteiger partial charge on any atom is 0.303 e. The fourth-order valence-corrected chi connectivity index (χ4v) is 2.19. The van der Waals surface area contributed by atoms with Crippen LogP contribution in [0.1, 0.15) is 18.6 Å². The topological polar surface area (TPSA) is 98.5 Å². The summed E-state index contributed by atoms with van der Waals surface area (Å²) in [4.78, 5) is 33.9. The van der Waals surface area contributed by atoms with Crippen LogP contribution in [0.5, 0.6) is 0 Å². The third-order valence-corrected chi connectivity index (χ3v) is 3.35. The standard InChI is InChI=1S/C16H13ClN2O5/c1-10(20)24-15(11-5-3-2-4-6-11)16(21)18-12-7-8-13(17)14(9-12)19(22)23/h2-9,15H,1H3,(H,18,21)/t15-/m1/s1. The zero-order valence-corrected chi connectivity index (χ0v) is 13.3. The smallest absolute Gasteiger partial charge is 0.303 e. The summed E-state index contributed by atoms with van der Waals surface area (Å²) in [5.74, 6) is -1.26. The van der Waals surface area contributed by atoms with Crippen molar-refractivity contribution in [3.05, 3.63) is 69.2 Å². The van der Waals surface area contributed by atoms with Crippen molar-refractivity contribution in [2.75, 3.05) is 5.32 Å². The summed E-state index contributed by atoms with van der Waals surface area (Å²) in [5.41, 5.74) is 0.316. The number of benzene rings is 2. The lowest BCUT2D eigenvalue weighted by atomic mass is 10.1. The summed E-state index contributed by atoms with van der Waals surface area (Å²) in [7, 11) is 0. The lowest BCUT2D eigenvalue weighted by molar-refractivity contribution is -0.384. The minimum Gasteiger partial charge on any atom is -0.447 e. The molecule has 7 nitrogen and oxygen atoms in total. The molecule has 0 saturated heterocycles. The van der Waals surface area contributed by atoms with Crippen LogP contribution in [0.4, 0.5) is 11.4 Å². The van der Waals surface area contributed by atoms with Gasteiger partial charge >= 0.3 is 5.97 Å². The highest BCUT2D eigenvalue weighted by Crippen LogP contribution is 2.28. The number of nitro benzene ring substituents is 1. The fraction of sp³-hybridized carbons (Fsp3) is 0.125. The number of ether oxygens (including phenoxy) is 1. The quantitative estimate of drug-likeness (QED) is 0.506. The summed E-state index contributed by atoms with van der Waals surface area (Å²) < 4.78 is 5.06. The van der Waals surface area contributed by atoms with Crippen molar-refractivity contribution in [1.29, 1.82) is 0 Å². The molecule has 24 heavy (non-hydrogen) atoms. The van der Waals surface area contributed by atoms with Gasteiger partial charge in [-0.3, -0.25) is 19.7 Å². The van der Waals surface area contributed by atoms with E-state index in [9.17, 15) is 19.7 Å². The molecule has 124 valence electrons. The van der Waals surface area contributed by atoms with Gasteiger partial charge in [0.15, 0.2) is 0 Å². The van der Waals surface area contributed by atoms with Gasteiger partial charge in [-0.1, -0.05) is 41.9 Å². The Morgan fingerprint density at radius 1 is 1.21 bits per heavy atom. The lowest BCUT2D eigenvalue weighted by Crippen LogP contribution is -2.25. The van der Waals surface area contributed by atoms with Gasteiger partial charge in [0.25, 0.3) is 11.6 Å². The molecule has 0 heterocycles. The van der Waals surface area contributed by atoms with Gasteiger partial charge in [-0.25, -0.2) is 0 Å². The highest BCUT2D eigenvalue weighted by atomic mass is 35.5. The summed E-state index contributed by atoms with van der Waals surface area (Å²) in [6.45, 7) is 1.19.